The first-order valence-electron chi connectivity index (χ1n) is 7.83. The average Bonchev–Trinajstić information content (AvgIpc) is 3.23. The SMILES string of the molecule is CN(C)Cc1c(C(=O)N/N=C/c2ccc(Cl)c(Cl)c2)nnn1-c1nonc1N. The molecule has 28 heavy (non-hydrogen) atoms. The van der Waals surface area contributed by atoms with Gasteiger partial charge in [0.2, 0.25) is 11.6 Å². The predicted octanol–water partition coefficient (Wildman–Crippen LogP) is 1.36. The largest absolute Gasteiger partial charge is 0.378 e. The number of nitrogens with zero attached hydrogens (tertiary/aromatic N) is 7. The number of nitrogens with one attached hydrogen (secondary N) is 1. The van der Waals surface area contributed by atoms with Crippen LogP contribution >= 0.6 is 23.2 Å². The zero-order valence-electron chi connectivity index (χ0n) is 14.8. The van der Waals surface area contributed by atoms with Crippen LogP contribution in [0.5, 0.6) is 0 Å². The Morgan fingerprint density at radius 2 is 2.14 bits per heavy atom. The quantitative estimate of drug-likeness (QED) is 0.447. The molecule has 2 heterocycles. The molecular weight excluding hydrogens is 409 g/mol. The molecule has 0 radical (unpaired) electrons. The van der Waals surface area contributed by atoms with Crippen LogP contribution in [0.4, 0.5) is 5.82 Å². The Hall–Kier alpha value is -3.02. The number of carbonyl (C=O) groups excluding carboxylic acids is 1. The standard InChI is InChI=1S/C15H15Cl2N9O2/c1-25(2)7-11-12(20-24-26(11)14-13(18)22-28-23-14)15(27)21-19-6-8-3-4-9(16)10(17)5-8/h3-6H,7H2,1-2H3,(H2,18,22)(H,21,27)/b19-6+. The molecule has 0 fully saturated rings. The molecule has 0 unspecified atom stereocenters. The Morgan fingerprint density at radius 1 is 1.36 bits per heavy atom. The summed E-state index contributed by atoms with van der Waals surface area (Å²) in [5.41, 5.74) is 9.27. The van der Waals surface area contributed by atoms with Gasteiger partial charge in [0.15, 0.2) is 5.69 Å². The van der Waals surface area contributed by atoms with Crippen LogP contribution in [0, 0.1) is 0 Å². The molecular formula is C15H15Cl2N9O2. The molecule has 0 aliphatic carbocycles. The Labute approximate surface area is 169 Å². The van der Waals surface area contributed by atoms with Gasteiger partial charge in [-0.15, -0.1) is 5.10 Å². The van der Waals surface area contributed by atoms with Crippen LogP contribution in [0.3, 0.4) is 0 Å². The molecule has 3 rings (SSSR count). The Morgan fingerprint density at radius 3 is 2.79 bits per heavy atom. The van der Waals surface area contributed by atoms with Gasteiger partial charge in [0.25, 0.3) is 5.91 Å². The van der Waals surface area contributed by atoms with Crippen LogP contribution in [0.1, 0.15) is 21.7 Å². The maximum Gasteiger partial charge on any atom is 0.293 e. The number of hydrazone groups is 1. The summed E-state index contributed by atoms with van der Waals surface area (Å²) in [6, 6.07) is 4.95. The van der Waals surface area contributed by atoms with Crippen molar-refractivity contribution in [3.63, 3.8) is 0 Å². The first-order chi connectivity index (χ1) is 13.4. The van der Waals surface area contributed by atoms with Gasteiger partial charge in [-0.05, 0) is 42.1 Å². The van der Waals surface area contributed by atoms with Crippen molar-refractivity contribution in [3.8, 4) is 5.82 Å². The number of rotatable bonds is 6. The van der Waals surface area contributed by atoms with E-state index in [9.17, 15) is 4.79 Å². The highest BCUT2D eigenvalue weighted by molar-refractivity contribution is 6.42. The summed E-state index contributed by atoms with van der Waals surface area (Å²) in [5, 5.41) is 19.8. The molecule has 0 saturated heterocycles. The summed E-state index contributed by atoms with van der Waals surface area (Å²) < 4.78 is 5.88. The van der Waals surface area contributed by atoms with E-state index in [1.165, 1.54) is 10.9 Å². The molecule has 0 saturated carbocycles. The van der Waals surface area contributed by atoms with Crippen molar-refractivity contribution in [2.45, 2.75) is 6.54 Å². The monoisotopic (exact) mass is 423 g/mol. The van der Waals surface area contributed by atoms with E-state index >= 15 is 0 Å². The molecule has 146 valence electrons. The summed E-state index contributed by atoms with van der Waals surface area (Å²) in [4.78, 5) is 14.4. The predicted molar refractivity (Wildman–Crippen MR) is 103 cm³/mol. The van der Waals surface area contributed by atoms with Crippen molar-refractivity contribution in [3.05, 3.63) is 45.2 Å². The first-order valence-corrected chi connectivity index (χ1v) is 8.58. The van der Waals surface area contributed by atoms with E-state index in [4.69, 9.17) is 28.9 Å². The second-order valence-corrected chi connectivity index (χ2v) is 6.69. The topological polar surface area (TPSA) is 140 Å². The molecule has 0 aliphatic heterocycles. The van der Waals surface area contributed by atoms with Crippen molar-refractivity contribution in [1.29, 1.82) is 0 Å². The van der Waals surface area contributed by atoms with Gasteiger partial charge in [-0.25, -0.2) is 10.1 Å². The summed E-state index contributed by atoms with van der Waals surface area (Å²) in [7, 11) is 3.65. The fourth-order valence-corrected chi connectivity index (χ4v) is 2.54. The number of nitrogens with two attached hydrogens (primary N) is 1. The summed E-state index contributed by atoms with van der Waals surface area (Å²) in [6.07, 6.45) is 1.43. The molecule has 2 aromatic heterocycles. The third kappa shape index (κ3) is 4.27. The molecule has 11 nitrogen and oxygen atoms in total. The number of aromatic nitrogens is 5. The number of halogens is 2. The van der Waals surface area contributed by atoms with E-state index in [-0.39, 0.29) is 17.3 Å². The van der Waals surface area contributed by atoms with Gasteiger partial charge in [-0.3, -0.25) is 4.79 Å². The van der Waals surface area contributed by atoms with Gasteiger partial charge in [0, 0.05) is 6.54 Å². The minimum atomic E-state index is -0.561. The highest BCUT2D eigenvalue weighted by Crippen LogP contribution is 2.21. The van der Waals surface area contributed by atoms with Gasteiger partial charge in [0.05, 0.1) is 22.0 Å². The number of hydrogen-bond donors (Lipinski definition) is 2. The van der Waals surface area contributed by atoms with E-state index in [2.05, 4.69) is 35.8 Å². The van der Waals surface area contributed by atoms with Gasteiger partial charge in [-0.2, -0.15) is 9.78 Å². The minimum Gasteiger partial charge on any atom is -0.378 e. The van der Waals surface area contributed by atoms with Crippen LogP contribution in [0.15, 0.2) is 27.9 Å². The lowest BCUT2D eigenvalue weighted by Crippen LogP contribution is -2.23. The number of amides is 1. The third-order valence-corrected chi connectivity index (χ3v) is 4.20. The summed E-state index contributed by atoms with van der Waals surface area (Å²) in [5.74, 6) is -0.397. The van der Waals surface area contributed by atoms with E-state index in [1.807, 2.05) is 19.0 Å². The Kier molecular flexibility index (Phi) is 5.87. The maximum atomic E-state index is 12.5. The maximum absolute atomic E-state index is 12.5. The molecule has 13 heteroatoms. The molecule has 3 aromatic rings. The molecule has 0 atom stereocenters. The van der Waals surface area contributed by atoms with Crippen molar-refractivity contribution in [2.75, 3.05) is 19.8 Å². The van der Waals surface area contributed by atoms with E-state index < -0.39 is 5.91 Å². The van der Waals surface area contributed by atoms with Crippen LogP contribution in [-0.4, -0.2) is 56.4 Å². The Balaban J connectivity index is 1.83. The molecule has 3 N–H and O–H groups in total. The lowest BCUT2D eigenvalue weighted by Gasteiger charge is -2.11. The van der Waals surface area contributed by atoms with E-state index in [0.717, 1.165) is 0 Å². The number of benzene rings is 1. The number of nitrogen functional groups attached to an aromatic ring is 1. The zero-order chi connectivity index (χ0) is 20.3. The highest BCUT2D eigenvalue weighted by Gasteiger charge is 2.24. The molecule has 0 bridgehead atoms. The second-order valence-electron chi connectivity index (χ2n) is 5.88. The van der Waals surface area contributed by atoms with Crippen LogP contribution in [0.2, 0.25) is 10.0 Å². The smallest absolute Gasteiger partial charge is 0.293 e. The zero-order valence-corrected chi connectivity index (χ0v) is 16.3. The number of hydrogen-bond acceptors (Lipinski definition) is 9. The minimum absolute atomic E-state index is 0.0227. The fraction of sp³-hybridized carbons (Fsp3) is 0.200. The van der Waals surface area contributed by atoms with Gasteiger partial charge in [0.1, 0.15) is 0 Å². The molecule has 0 spiro atoms. The number of anilines is 1. The van der Waals surface area contributed by atoms with Crippen molar-refractivity contribution in [1.82, 2.24) is 35.6 Å². The van der Waals surface area contributed by atoms with E-state index in [1.54, 1.807) is 18.2 Å². The molecule has 1 aromatic carbocycles. The van der Waals surface area contributed by atoms with E-state index in [0.29, 0.717) is 27.8 Å². The van der Waals surface area contributed by atoms with Crippen molar-refractivity contribution >= 4 is 41.1 Å². The average molecular weight is 424 g/mol. The van der Waals surface area contributed by atoms with Crippen LogP contribution in [0.25, 0.3) is 5.82 Å². The number of carbonyl (C=O) groups is 1. The molecule has 0 aliphatic rings. The normalized spacial score (nSPS) is 11.5. The van der Waals surface area contributed by atoms with Crippen molar-refractivity contribution in [2.24, 2.45) is 5.10 Å². The van der Waals surface area contributed by atoms with Crippen molar-refractivity contribution < 1.29 is 9.42 Å². The second kappa shape index (κ2) is 8.33. The first kappa shape index (κ1) is 19.7. The summed E-state index contributed by atoms with van der Waals surface area (Å²) in [6.45, 7) is 0.332. The van der Waals surface area contributed by atoms with Crippen LogP contribution in [-0.2, 0) is 6.54 Å². The molecule has 1 amide bonds. The third-order valence-electron chi connectivity index (χ3n) is 3.46. The van der Waals surface area contributed by atoms with Gasteiger partial charge >= 0.3 is 0 Å². The van der Waals surface area contributed by atoms with Crippen LogP contribution < -0.4 is 11.2 Å². The van der Waals surface area contributed by atoms with Gasteiger partial charge in [-0.1, -0.05) is 34.5 Å². The lowest BCUT2D eigenvalue weighted by molar-refractivity contribution is 0.0948. The lowest BCUT2D eigenvalue weighted by atomic mass is 10.2. The summed E-state index contributed by atoms with van der Waals surface area (Å²) >= 11 is 11.8. The van der Waals surface area contributed by atoms with Gasteiger partial charge < -0.3 is 10.6 Å². The Bertz CT molecular complexity index is 1030. The fourth-order valence-electron chi connectivity index (χ4n) is 2.24. The highest BCUT2D eigenvalue weighted by atomic mass is 35.5.